The Morgan fingerprint density at radius 1 is 1.15 bits per heavy atom. The van der Waals surface area contributed by atoms with Gasteiger partial charge in [-0.15, -0.1) is 0 Å². The first-order valence-electron chi connectivity index (χ1n) is 8.58. The van der Waals surface area contributed by atoms with Crippen LogP contribution in [-0.4, -0.2) is 18.4 Å². The number of hydrogen-bond donors (Lipinski definition) is 1. The van der Waals surface area contributed by atoms with Gasteiger partial charge in [0.1, 0.15) is 5.75 Å². The highest BCUT2D eigenvalue weighted by Gasteiger charge is 2.26. The van der Waals surface area contributed by atoms with Gasteiger partial charge in [0.25, 0.3) is 11.8 Å². The van der Waals surface area contributed by atoms with Crippen LogP contribution in [0.3, 0.4) is 0 Å². The summed E-state index contributed by atoms with van der Waals surface area (Å²) in [6.07, 6.45) is 1.44. The summed E-state index contributed by atoms with van der Waals surface area (Å²) in [6.45, 7) is 2.46. The highest BCUT2D eigenvalue weighted by Crippen LogP contribution is 2.35. The van der Waals surface area contributed by atoms with Crippen molar-refractivity contribution in [2.24, 2.45) is 0 Å². The molecule has 0 bridgehead atoms. The maximum atomic E-state index is 12.4. The third-order valence-corrected chi connectivity index (χ3v) is 4.37. The third-order valence-electron chi connectivity index (χ3n) is 4.37. The quantitative estimate of drug-likeness (QED) is 0.767. The standard InChI is InChI=1S/C21H18N2O4/c1-14-4-6-15(7-5-14)12-23-17-9-8-16(11-19(17)27-13-20(23)24)22-21(25)18-3-2-10-26-18/h2-11H,12-13H2,1H3,(H,22,25). The average Bonchev–Trinajstić information content (AvgIpc) is 3.21. The molecule has 4 rings (SSSR count). The normalized spacial score (nSPS) is 13.1. The van der Waals surface area contributed by atoms with Crippen molar-refractivity contribution >= 4 is 23.2 Å². The highest BCUT2D eigenvalue weighted by atomic mass is 16.5. The van der Waals surface area contributed by atoms with Crippen LogP contribution in [0.5, 0.6) is 5.75 Å². The zero-order valence-electron chi connectivity index (χ0n) is 14.8. The second-order valence-electron chi connectivity index (χ2n) is 6.37. The molecule has 2 aromatic carbocycles. The Labute approximate surface area is 156 Å². The summed E-state index contributed by atoms with van der Waals surface area (Å²) < 4.78 is 10.7. The number of hydrogen-bond acceptors (Lipinski definition) is 4. The number of aryl methyl sites for hydroxylation is 1. The average molecular weight is 362 g/mol. The summed E-state index contributed by atoms with van der Waals surface area (Å²) in [5.74, 6) is 0.336. The number of carbonyl (C=O) groups is 2. The monoisotopic (exact) mass is 362 g/mol. The molecule has 1 aliphatic heterocycles. The molecule has 1 aliphatic rings. The number of ether oxygens (including phenoxy) is 1. The van der Waals surface area contributed by atoms with E-state index in [0.717, 1.165) is 5.56 Å². The van der Waals surface area contributed by atoms with Crippen molar-refractivity contribution in [3.63, 3.8) is 0 Å². The van der Waals surface area contributed by atoms with Crippen molar-refractivity contribution in [1.82, 2.24) is 0 Å². The molecule has 0 atom stereocenters. The Bertz CT molecular complexity index is 978. The van der Waals surface area contributed by atoms with Gasteiger partial charge in [0.15, 0.2) is 12.4 Å². The van der Waals surface area contributed by atoms with E-state index < -0.39 is 0 Å². The second-order valence-corrected chi connectivity index (χ2v) is 6.37. The van der Waals surface area contributed by atoms with Gasteiger partial charge in [-0.05, 0) is 36.8 Å². The van der Waals surface area contributed by atoms with Crippen molar-refractivity contribution in [2.45, 2.75) is 13.5 Å². The number of benzene rings is 2. The molecular formula is C21H18N2O4. The second kappa shape index (κ2) is 6.99. The number of nitrogens with zero attached hydrogens (tertiary/aromatic N) is 1. The first-order valence-corrected chi connectivity index (χ1v) is 8.58. The summed E-state index contributed by atoms with van der Waals surface area (Å²) in [4.78, 5) is 26.2. The molecule has 0 spiro atoms. The molecule has 0 unspecified atom stereocenters. The van der Waals surface area contributed by atoms with Crippen LogP contribution in [0.1, 0.15) is 21.7 Å². The smallest absolute Gasteiger partial charge is 0.291 e. The fourth-order valence-corrected chi connectivity index (χ4v) is 2.93. The van der Waals surface area contributed by atoms with Gasteiger partial charge >= 0.3 is 0 Å². The summed E-state index contributed by atoms with van der Waals surface area (Å²) in [6, 6.07) is 16.5. The van der Waals surface area contributed by atoms with E-state index in [0.29, 0.717) is 23.7 Å². The van der Waals surface area contributed by atoms with E-state index in [1.165, 1.54) is 11.8 Å². The summed E-state index contributed by atoms with van der Waals surface area (Å²) in [5, 5.41) is 2.76. The molecule has 0 saturated heterocycles. The zero-order valence-corrected chi connectivity index (χ0v) is 14.8. The van der Waals surface area contributed by atoms with Crippen LogP contribution in [0.25, 0.3) is 0 Å². The van der Waals surface area contributed by atoms with Crippen molar-refractivity contribution in [3.05, 3.63) is 77.7 Å². The summed E-state index contributed by atoms with van der Waals surface area (Å²) >= 11 is 0. The minimum absolute atomic E-state index is 0.0333. The Morgan fingerprint density at radius 2 is 1.96 bits per heavy atom. The van der Waals surface area contributed by atoms with E-state index in [9.17, 15) is 9.59 Å². The topological polar surface area (TPSA) is 71.8 Å². The molecule has 0 radical (unpaired) electrons. The lowest BCUT2D eigenvalue weighted by Gasteiger charge is -2.29. The van der Waals surface area contributed by atoms with Gasteiger partial charge in [0.05, 0.1) is 18.5 Å². The fraction of sp³-hybridized carbons (Fsp3) is 0.143. The van der Waals surface area contributed by atoms with Crippen LogP contribution in [0, 0.1) is 6.92 Å². The van der Waals surface area contributed by atoms with E-state index in [4.69, 9.17) is 9.15 Å². The Balaban J connectivity index is 1.56. The number of rotatable bonds is 4. The number of anilines is 2. The molecule has 1 N–H and O–H groups in total. The molecule has 0 saturated carbocycles. The van der Waals surface area contributed by atoms with E-state index >= 15 is 0 Å². The molecule has 2 heterocycles. The lowest BCUT2D eigenvalue weighted by Crippen LogP contribution is -2.38. The molecule has 3 aromatic rings. The predicted molar refractivity (Wildman–Crippen MR) is 101 cm³/mol. The molecule has 6 nitrogen and oxygen atoms in total. The molecule has 136 valence electrons. The number of nitrogens with one attached hydrogen (secondary N) is 1. The van der Waals surface area contributed by atoms with Gasteiger partial charge in [0.2, 0.25) is 0 Å². The van der Waals surface area contributed by atoms with Crippen molar-refractivity contribution in [1.29, 1.82) is 0 Å². The van der Waals surface area contributed by atoms with Gasteiger partial charge in [-0.25, -0.2) is 0 Å². The van der Waals surface area contributed by atoms with E-state index in [2.05, 4.69) is 5.32 Å². The number of fused-ring (bicyclic) bond motifs is 1. The van der Waals surface area contributed by atoms with Crippen LogP contribution in [0.4, 0.5) is 11.4 Å². The SMILES string of the molecule is Cc1ccc(CN2C(=O)COc3cc(NC(=O)c4ccco4)ccc32)cc1. The van der Waals surface area contributed by atoms with E-state index in [-0.39, 0.29) is 24.2 Å². The highest BCUT2D eigenvalue weighted by molar-refractivity contribution is 6.03. The first kappa shape index (κ1) is 16.9. The van der Waals surface area contributed by atoms with Crippen molar-refractivity contribution in [2.75, 3.05) is 16.8 Å². The third kappa shape index (κ3) is 3.55. The van der Waals surface area contributed by atoms with Gasteiger partial charge in [-0.3, -0.25) is 9.59 Å². The van der Waals surface area contributed by atoms with Gasteiger partial charge in [0, 0.05) is 11.8 Å². The molecule has 6 heteroatoms. The van der Waals surface area contributed by atoms with Crippen LogP contribution >= 0.6 is 0 Å². The number of carbonyl (C=O) groups excluding carboxylic acids is 2. The Kier molecular flexibility index (Phi) is 4.38. The van der Waals surface area contributed by atoms with Crippen molar-refractivity contribution < 1.29 is 18.7 Å². The van der Waals surface area contributed by atoms with Gasteiger partial charge in [-0.1, -0.05) is 29.8 Å². The molecule has 2 amide bonds. The maximum absolute atomic E-state index is 12.4. The molecule has 0 aliphatic carbocycles. The van der Waals surface area contributed by atoms with Crippen LogP contribution in [-0.2, 0) is 11.3 Å². The number of furan rings is 1. The fourth-order valence-electron chi connectivity index (χ4n) is 2.93. The largest absolute Gasteiger partial charge is 0.481 e. The first-order chi connectivity index (χ1) is 13.1. The predicted octanol–water partition coefficient (Wildman–Crippen LogP) is 3.77. The molecule has 1 aromatic heterocycles. The van der Waals surface area contributed by atoms with Crippen molar-refractivity contribution in [3.8, 4) is 5.75 Å². The van der Waals surface area contributed by atoms with Crippen LogP contribution in [0.15, 0.2) is 65.3 Å². The summed E-state index contributed by atoms with van der Waals surface area (Å²) in [7, 11) is 0. The van der Waals surface area contributed by atoms with Crippen LogP contribution < -0.4 is 15.0 Å². The van der Waals surface area contributed by atoms with E-state index in [1.54, 1.807) is 35.2 Å². The lowest BCUT2D eigenvalue weighted by molar-refractivity contribution is -0.121. The van der Waals surface area contributed by atoms with Gasteiger partial charge < -0.3 is 19.4 Å². The van der Waals surface area contributed by atoms with E-state index in [1.807, 2.05) is 31.2 Å². The van der Waals surface area contributed by atoms with Crippen LogP contribution in [0.2, 0.25) is 0 Å². The zero-order chi connectivity index (χ0) is 18.8. The Morgan fingerprint density at radius 3 is 2.70 bits per heavy atom. The van der Waals surface area contributed by atoms with Gasteiger partial charge in [-0.2, -0.15) is 0 Å². The molecular weight excluding hydrogens is 344 g/mol. The maximum Gasteiger partial charge on any atom is 0.291 e. The minimum atomic E-state index is -0.344. The molecule has 27 heavy (non-hydrogen) atoms. The lowest BCUT2D eigenvalue weighted by atomic mass is 10.1. The molecule has 0 fully saturated rings. The summed E-state index contributed by atoms with van der Waals surface area (Å²) in [5.41, 5.74) is 3.46. The Hall–Kier alpha value is -3.54. The minimum Gasteiger partial charge on any atom is -0.481 e. The number of amides is 2.